The molecule has 1 heterocycles. The number of unbranched alkanes of at least 4 members (excludes halogenated alkanes) is 1. The van der Waals surface area contributed by atoms with Gasteiger partial charge in [0.1, 0.15) is 0 Å². The summed E-state index contributed by atoms with van der Waals surface area (Å²) in [5.74, 6) is 0.214. The van der Waals surface area contributed by atoms with Crippen LogP contribution in [0.25, 0.3) is 0 Å². The van der Waals surface area contributed by atoms with Gasteiger partial charge in [-0.05, 0) is 31.9 Å². The van der Waals surface area contributed by atoms with Crippen molar-refractivity contribution in [2.45, 2.75) is 40.2 Å². The molecule has 1 aromatic rings. The fourth-order valence-electron chi connectivity index (χ4n) is 1.56. The van der Waals surface area contributed by atoms with E-state index in [4.69, 9.17) is 0 Å². The van der Waals surface area contributed by atoms with E-state index in [1.54, 1.807) is 0 Å². The molecular formula is C11H20N2O2S. The van der Waals surface area contributed by atoms with Crippen molar-refractivity contribution in [2.75, 3.05) is 5.75 Å². The summed E-state index contributed by atoms with van der Waals surface area (Å²) >= 11 is 0. The van der Waals surface area contributed by atoms with E-state index in [1.165, 1.54) is 0 Å². The van der Waals surface area contributed by atoms with Gasteiger partial charge in [-0.25, -0.2) is 13.1 Å². The highest BCUT2D eigenvalue weighted by Crippen LogP contribution is 2.09. The fourth-order valence-corrected chi connectivity index (χ4v) is 2.75. The molecular weight excluding hydrogens is 224 g/mol. The summed E-state index contributed by atoms with van der Waals surface area (Å²) in [6.07, 6.45) is 1.60. The number of aromatic amines is 1. The van der Waals surface area contributed by atoms with E-state index in [-0.39, 0.29) is 5.75 Å². The second-order valence-electron chi connectivity index (χ2n) is 4.10. The third-order valence-corrected chi connectivity index (χ3v) is 3.92. The number of nitrogens with one attached hydrogen (secondary N) is 2. The summed E-state index contributed by atoms with van der Waals surface area (Å²) in [6.45, 7) is 6.27. The molecule has 0 aliphatic carbocycles. The summed E-state index contributed by atoms with van der Waals surface area (Å²) < 4.78 is 25.7. The SMILES string of the molecule is CCCCS(=O)(=O)NCc1cc(C)[nH]c1C. The van der Waals surface area contributed by atoms with Crippen LogP contribution in [0.15, 0.2) is 6.07 Å². The standard InChI is InChI=1S/C11H20N2O2S/c1-4-5-6-16(14,15)12-8-11-7-9(2)13-10(11)3/h7,12-13H,4-6,8H2,1-3H3. The zero-order chi connectivity index (χ0) is 12.2. The number of aromatic nitrogens is 1. The average Bonchev–Trinajstić information content (AvgIpc) is 2.52. The zero-order valence-electron chi connectivity index (χ0n) is 10.1. The van der Waals surface area contributed by atoms with Gasteiger partial charge in [-0.2, -0.15) is 0 Å². The minimum absolute atomic E-state index is 0.214. The van der Waals surface area contributed by atoms with Crippen LogP contribution in [0.4, 0.5) is 0 Å². The van der Waals surface area contributed by atoms with Crippen LogP contribution in [-0.2, 0) is 16.6 Å². The fraction of sp³-hybridized carbons (Fsp3) is 0.636. The number of H-pyrrole nitrogens is 1. The molecule has 0 amide bonds. The van der Waals surface area contributed by atoms with Crippen LogP contribution < -0.4 is 4.72 Å². The minimum atomic E-state index is -3.11. The molecule has 0 spiro atoms. The third kappa shape index (κ3) is 3.98. The van der Waals surface area contributed by atoms with Crippen molar-refractivity contribution in [3.63, 3.8) is 0 Å². The molecule has 0 fully saturated rings. The van der Waals surface area contributed by atoms with Crippen LogP contribution in [0, 0.1) is 13.8 Å². The van der Waals surface area contributed by atoms with Crippen molar-refractivity contribution in [1.29, 1.82) is 0 Å². The van der Waals surface area contributed by atoms with Crippen molar-refractivity contribution in [3.8, 4) is 0 Å². The molecule has 0 aliphatic heterocycles. The lowest BCUT2D eigenvalue weighted by molar-refractivity contribution is 0.578. The van der Waals surface area contributed by atoms with Crippen molar-refractivity contribution < 1.29 is 8.42 Å². The maximum atomic E-state index is 11.6. The second-order valence-corrected chi connectivity index (χ2v) is 6.02. The lowest BCUT2D eigenvalue weighted by Gasteiger charge is -2.05. The van der Waals surface area contributed by atoms with Crippen LogP contribution in [-0.4, -0.2) is 19.2 Å². The van der Waals surface area contributed by atoms with Gasteiger partial charge in [0.15, 0.2) is 0 Å². The largest absolute Gasteiger partial charge is 0.362 e. The molecule has 16 heavy (non-hydrogen) atoms. The number of hydrogen-bond donors (Lipinski definition) is 2. The lowest BCUT2D eigenvalue weighted by Crippen LogP contribution is -2.25. The molecule has 4 nitrogen and oxygen atoms in total. The van der Waals surface area contributed by atoms with E-state index in [2.05, 4.69) is 9.71 Å². The van der Waals surface area contributed by atoms with E-state index >= 15 is 0 Å². The molecule has 0 saturated carbocycles. The summed E-state index contributed by atoms with van der Waals surface area (Å²) in [7, 11) is -3.11. The normalized spacial score (nSPS) is 11.9. The van der Waals surface area contributed by atoms with Gasteiger partial charge in [0.05, 0.1) is 5.75 Å². The average molecular weight is 244 g/mol. The summed E-state index contributed by atoms with van der Waals surface area (Å²) in [4.78, 5) is 3.15. The monoisotopic (exact) mass is 244 g/mol. The molecule has 1 rings (SSSR count). The molecule has 1 aromatic heterocycles. The number of aryl methyl sites for hydroxylation is 2. The highest BCUT2D eigenvalue weighted by molar-refractivity contribution is 7.89. The van der Waals surface area contributed by atoms with E-state index in [1.807, 2.05) is 26.8 Å². The maximum Gasteiger partial charge on any atom is 0.211 e. The summed E-state index contributed by atoms with van der Waals surface area (Å²) in [5.41, 5.74) is 3.09. The van der Waals surface area contributed by atoms with Gasteiger partial charge < -0.3 is 4.98 Å². The van der Waals surface area contributed by atoms with E-state index in [9.17, 15) is 8.42 Å². The smallest absolute Gasteiger partial charge is 0.211 e. The van der Waals surface area contributed by atoms with Gasteiger partial charge in [0.2, 0.25) is 10.0 Å². The number of sulfonamides is 1. The Morgan fingerprint density at radius 1 is 1.38 bits per heavy atom. The van der Waals surface area contributed by atoms with Crippen LogP contribution in [0.5, 0.6) is 0 Å². The second kappa shape index (κ2) is 5.50. The third-order valence-electron chi connectivity index (χ3n) is 2.51. The quantitative estimate of drug-likeness (QED) is 0.802. The maximum absolute atomic E-state index is 11.6. The summed E-state index contributed by atoms with van der Waals surface area (Å²) in [6, 6.07) is 1.97. The van der Waals surface area contributed by atoms with Crippen molar-refractivity contribution in [1.82, 2.24) is 9.71 Å². The Morgan fingerprint density at radius 2 is 2.06 bits per heavy atom. The van der Waals surface area contributed by atoms with Gasteiger partial charge in [-0.3, -0.25) is 0 Å². The molecule has 0 saturated heterocycles. The van der Waals surface area contributed by atoms with Crippen molar-refractivity contribution in [2.24, 2.45) is 0 Å². The Hall–Kier alpha value is -0.810. The lowest BCUT2D eigenvalue weighted by atomic mass is 10.2. The van der Waals surface area contributed by atoms with Crippen LogP contribution in [0.3, 0.4) is 0 Å². The molecule has 0 aliphatic rings. The van der Waals surface area contributed by atoms with Gasteiger partial charge in [0.25, 0.3) is 0 Å². The first-order valence-corrected chi connectivity index (χ1v) is 7.22. The molecule has 2 N–H and O–H groups in total. The van der Waals surface area contributed by atoms with Crippen LogP contribution >= 0.6 is 0 Å². The van der Waals surface area contributed by atoms with E-state index in [0.29, 0.717) is 13.0 Å². The first kappa shape index (κ1) is 13.3. The highest BCUT2D eigenvalue weighted by atomic mass is 32.2. The first-order chi connectivity index (χ1) is 7.44. The van der Waals surface area contributed by atoms with Crippen molar-refractivity contribution >= 4 is 10.0 Å². The molecule has 5 heteroatoms. The predicted octanol–water partition coefficient (Wildman–Crippen LogP) is 1.85. The van der Waals surface area contributed by atoms with Gasteiger partial charge >= 0.3 is 0 Å². The molecule has 0 radical (unpaired) electrons. The van der Waals surface area contributed by atoms with Gasteiger partial charge in [-0.15, -0.1) is 0 Å². The van der Waals surface area contributed by atoms with Gasteiger partial charge in [-0.1, -0.05) is 13.3 Å². The van der Waals surface area contributed by atoms with Crippen LogP contribution in [0.2, 0.25) is 0 Å². The van der Waals surface area contributed by atoms with Crippen molar-refractivity contribution in [3.05, 3.63) is 23.0 Å². The molecule has 0 atom stereocenters. The van der Waals surface area contributed by atoms with Crippen LogP contribution in [0.1, 0.15) is 36.7 Å². The topological polar surface area (TPSA) is 62.0 Å². The Labute approximate surface area is 97.5 Å². The highest BCUT2D eigenvalue weighted by Gasteiger charge is 2.10. The molecule has 0 aromatic carbocycles. The Kier molecular flexibility index (Phi) is 4.56. The number of rotatable bonds is 6. The molecule has 0 bridgehead atoms. The van der Waals surface area contributed by atoms with E-state index in [0.717, 1.165) is 23.4 Å². The first-order valence-electron chi connectivity index (χ1n) is 5.57. The zero-order valence-corrected chi connectivity index (χ0v) is 10.9. The minimum Gasteiger partial charge on any atom is -0.362 e. The predicted molar refractivity (Wildman–Crippen MR) is 65.8 cm³/mol. The van der Waals surface area contributed by atoms with Gasteiger partial charge in [0, 0.05) is 17.9 Å². The van der Waals surface area contributed by atoms with E-state index < -0.39 is 10.0 Å². The summed E-state index contributed by atoms with van der Waals surface area (Å²) in [5, 5.41) is 0. The Balaban J connectivity index is 2.54. The molecule has 92 valence electrons. The Morgan fingerprint density at radius 3 is 2.56 bits per heavy atom. The number of hydrogen-bond acceptors (Lipinski definition) is 2. The Bertz CT molecular complexity index is 435. The molecule has 0 unspecified atom stereocenters.